The Morgan fingerprint density at radius 1 is 0.923 bits per heavy atom. The first-order valence-electron chi connectivity index (χ1n) is 8.86. The van der Waals surface area contributed by atoms with Gasteiger partial charge in [0.1, 0.15) is 0 Å². The first-order chi connectivity index (χ1) is 12.3. The molecule has 0 fully saturated rings. The van der Waals surface area contributed by atoms with Gasteiger partial charge in [0.05, 0.1) is 4.90 Å². The molecule has 0 heterocycles. The number of hydrogen-bond donors (Lipinski definition) is 0. The molecule has 5 heteroatoms. The topological polar surface area (TPSA) is 37.4 Å². The van der Waals surface area contributed by atoms with Crippen LogP contribution in [0, 0.1) is 0 Å². The van der Waals surface area contributed by atoms with Gasteiger partial charge >= 0.3 is 0 Å². The Balaban J connectivity index is 2.39. The zero-order valence-corrected chi connectivity index (χ0v) is 17.4. The van der Waals surface area contributed by atoms with Gasteiger partial charge in [-0.15, -0.1) is 0 Å². The highest BCUT2D eigenvalue weighted by Crippen LogP contribution is 2.27. The molecule has 0 aliphatic rings. The first-order valence-corrected chi connectivity index (χ1v) is 10.7. The van der Waals surface area contributed by atoms with Crippen LogP contribution >= 0.6 is 11.6 Å². The number of sulfonamides is 1. The van der Waals surface area contributed by atoms with Gasteiger partial charge in [0, 0.05) is 17.3 Å². The maximum absolute atomic E-state index is 13.2. The molecular formula is C21H26ClNO2S. The fourth-order valence-corrected chi connectivity index (χ4v) is 4.72. The normalized spacial score (nSPS) is 11.3. The van der Waals surface area contributed by atoms with Crippen molar-refractivity contribution in [1.29, 1.82) is 0 Å². The molecule has 2 aromatic carbocycles. The number of nitrogens with zero attached hydrogens (tertiary/aromatic N) is 1. The molecule has 0 atom stereocenters. The van der Waals surface area contributed by atoms with Crippen molar-refractivity contribution in [3.63, 3.8) is 0 Å². The van der Waals surface area contributed by atoms with Gasteiger partial charge in [-0.1, -0.05) is 54.8 Å². The summed E-state index contributed by atoms with van der Waals surface area (Å²) in [5, 5.41) is 0.678. The summed E-state index contributed by atoms with van der Waals surface area (Å²) in [5.41, 5.74) is 3.88. The number of hydrogen-bond acceptors (Lipinski definition) is 2. The SMILES string of the molecule is CCCC(=C(C)C)N(CC)S(=O)(=O)c1ccc(-c2ccc(Cl)cc2)cc1. The molecule has 2 rings (SSSR count). The highest BCUT2D eigenvalue weighted by atomic mass is 35.5. The zero-order valence-electron chi connectivity index (χ0n) is 15.8. The van der Waals surface area contributed by atoms with E-state index in [2.05, 4.69) is 6.92 Å². The summed E-state index contributed by atoms with van der Waals surface area (Å²) in [6, 6.07) is 14.5. The summed E-state index contributed by atoms with van der Waals surface area (Å²) in [5.74, 6) is 0. The Hall–Kier alpha value is -1.78. The van der Waals surface area contributed by atoms with E-state index in [0.717, 1.165) is 35.2 Å². The fraction of sp³-hybridized carbons (Fsp3) is 0.333. The van der Waals surface area contributed by atoms with Crippen LogP contribution in [0.2, 0.25) is 5.02 Å². The standard InChI is InChI=1S/C21H26ClNO2S/c1-5-7-21(16(3)4)23(6-2)26(24,25)20-14-10-18(11-15-20)17-8-12-19(22)13-9-17/h8-15H,5-7H2,1-4H3. The van der Waals surface area contributed by atoms with Gasteiger partial charge in [0.15, 0.2) is 0 Å². The summed E-state index contributed by atoms with van der Waals surface area (Å²) in [7, 11) is -3.57. The molecule has 2 aromatic rings. The van der Waals surface area contributed by atoms with E-state index < -0.39 is 10.0 Å². The highest BCUT2D eigenvalue weighted by Gasteiger charge is 2.25. The minimum atomic E-state index is -3.57. The van der Waals surface area contributed by atoms with E-state index in [1.807, 2.05) is 57.2 Å². The van der Waals surface area contributed by atoms with Gasteiger partial charge in [0.2, 0.25) is 0 Å². The van der Waals surface area contributed by atoms with Crippen LogP contribution in [0.1, 0.15) is 40.5 Å². The van der Waals surface area contributed by atoms with Gasteiger partial charge in [-0.2, -0.15) is 0 Å². The largest absolute Gasteiger partial charge is 0.271 e. The van der Waals surface area contributed by atoms with Crippen molar-refractivity contribution < 1.29 is 8.42 Å². The van der Waals surface area contributed by atoms with Crippen molar-refractivity contribution in [2.24, 2.45) is 0 Å². The highest BCUT2D eigenvalue weighted by molar-refractivity contribution is 7.89. The van der Waals surface area contributed by atoms with Crippen molar-refractivity contribution in [3.8, 4) is 11.1 Å². The van der Waals surface area contributed by atoms with Crippen molar-refractivity contribution in [2.45, 2.75) is 45.4 Å². The molecule has 0 bridgehead atoms. The molecule has 0 spiro atoms. The van der Waals surface area contributed by atoms with E-state index >= 15 is 0 Å². The molecule has 0 unspecified atom stereocenters. The minimum absolute atomic E-state index is 0.312. The van der Waals surface area contributed by atoms with E-state index in [9.17, 15) is 8.42 Å². The third-order valence-corrected chi connectivity index (χ3v) is 6.45. The van der Waals surface area contributed by atoms with Crippen molar-refractivity contribution in [2.75, 3.05) is 6.54 Å². The van der Waals surface area contributed by atoms with Crippen molar-refractivity contribution in [3.05, 3.63) is 64.8 Å². The Labute approximate surface area is 162 Å². The lowest BCUT2D eigenvalue weighted by atomic mass is 10.1. The molecule has 0 saturated carbocycles. The van der Waals surface area contributed by atoms with Crippen LogP contribution < -0.4 is 0 Å². The van der Waals surface area contributed by atoms with Crippen molar-refractivity contribution >= 4 is 21.6 Å². The van der Waals surface area contributed by atoms with E-state index in [4.69, 9.17) is 11.6 Å². The van der Waals surface area contributed by atoms with E-state index in [0.29, 0.717) is 16.5 Å². The average Bonchev–Trinajstić information content (AvgIpc) is 2.62. The molecule has 140 valence electrons. The molecule has 0 aromatic heterocycles. The lowest BCUT2D eigenvalue weighted by molar-refractivity contribution is 0.472. The second kappa shape index (κ2) is 8.74. The number of halogens is 1. The van der Waals surface area contributed by atoms with Crippen LogP contribution in [0.25, 0.3) is 11.1 Å². The summed E-state index contributed by atoms with van der Waals surface area (Å²) in [6.07, 6.45) is 1.65. The molecule has 26 heavy (non-hydrogen) atoms. The maximum Gasteiger partial charge on any atom is 0.264 e. The summed E-state index contributed by atoms with van der Waals surface area (Å²) in [4.78, 5) is 0.312. The summed E-state index contributed by atoms with van der Waals surface area (Å²) in [6.45, 7) is 8.28. The number of benzene rings is 2. The average molecular weight is 392 g/mol. The fourth-order valence-electron chi connectivity index (χ4n) is 2.96. The van der Waals surface area contributed by atoms with Crippen LogP contribution in [0.3, 0.4) is 0 Å². The van der Waals surface area contributed by atoms with Crippen LogP contribution in [-0.4, -0.2) is 19.3 Å². The monoisotopic (exact) mass is 391 g/mol. The third-order valence-electron chi connectivity index (χ3n) is 4.27. The van der Waals surface area contributed by atoms with Gasteiger partial charge in [0.25, 0.3) is 10.0 Å². The summed E-state index contributed by atoms with van der Waals surface area (Å²) < 4.78 is 27.8. The second-order valence-electron chi connectivity index (χ2n) is 6.40. The Morgan fingerprint density at radius 3 is 1.85 bits per heavy atom. The van der Waals surface area contributed by atoms with Gasteiger partial charge < -0.3 is 0 Å². The Bertz CT molecular complexity index is 865. The minimum Gasteiger partial charge on any atom is -0.271 e. The Kier molecular flexibility index (Phi) is 6.90. The maximum atomic E-state index is 13.2. The Morgan fingerprint density at radius 2 is 1.42 bits per heavy atom. The lowest BCUT2D eigenvalue weighted by Gasteiger charge is -2.27. The molecule has 3 nitrogen and oxygen atoms in total. The van der Waals surface area contributed by atoms with Crippen LogP contribution in [0.15, 0.2) is 64.7 Å². The number of allylic oxidation sites excluding steroid dienone is 2. The summed E-state index contributed by atoms with van der Waals surface area (Å²) >= 11 is 5.93. The lowest BCUT2D eigenvalue weighted by Crippen LogP contribution is -2.31. The molecule has 0 N–H and O–H groups in total. The van der Waals surface area contributed by atoms with E-state index in [1.165, 1.54) is 4.31 Å². The van der Waals surface area contributed by atoms with E-state index in [-0.39, 0.29) is 0 Å². The molecule has 0 aliphatic carbocycles. The van der Waals surface area contributed by atoms with Crippen LogP contribution in [-0.2, 0) is 10.0 Å². The predicted molar refractivity (Wildman–Crippen MR) is 110 cm³/mol. The molecule has 0 amide bonds. The third kappa shape index (κ3) is 4.49. The first kappa shape index (κ1) is 20.5. The smallest absolute Gasteiger partial charge is 0.264 e. The molecule has 0 radical (unpaired) electrons. The van der Waals surface area contributed by atoms with Crippen LogP contribution in [0.5, 0.6) is 0 Å². The van der Waals surface area contributed by atoms with E-state index in [1.54, 1.807) is 12.1 Å². The zero-order chi connectivity index (χ0) is 19.3. The quantitative estimate of drug-likeness (QED) is 0.570. The molecular weight excluding hydrogens is 366 g/mol. The van der Waals surface area contributed by atoms with Gasteiger partial charge in [-0.25, -0.2) is 8.42 Å². The predicted octanol–water partition coefficient (Wildman–Crippen LogP) is 6.11. The van der Waals surface area contributed by atoms with Gasteiger partial charge in [-0.3, -0.25) is 4.31 Å². The van der Waals surface area contributed by atoms with Crippen molar-refractivity contribution in [1.82, 2.24) is 4.31 Å². The van der Waals surface area contributed by atoms with Gasteiger partial charge in [-0.05, 0) is 62.6 Å². The second-order valence-corrected chi connectivity index (χ2v) is 8.70. The number of rotatable bonds is 7. The molecule has 0 saturated heterocycles. The molecule has 0 aliphatic heterocycles. The van der Waals surface area contributed by atoms with Crippen LogP contribution in [0.4, 0.5) is 0 Å².